The Morgan fingerprint density at radius 3 is 2.62 bits per heavy atom. The number of nitrogens with two attached hydrogens (primary N) is 1. The molecule has 2 aromatic carbocycles. The van der Waals surface area contributed by atoms with Gasteiger partial charge < -0.3 is 16.2 Å². The first-order chi connectivity index (χ1) is 9.88. The van der Waals surface area contributed by atoms with Gasteiger partial charge in [-0.1, -0.05) is 28.1 Å². The topological polar surface area (TPSA) is 75.3 Å². The minimum Gasteiger partial charge on any atom is -0.507 e. The number of phenols is 1. The fraction of sp³-hybridized carbons (Fsp3) is 0. The molecule has 1 amide bonds. The van der Waals surface area contributed by atoms with E-state index >= 15 is 0 Å². The standard InChI is InChI=1S/C14H10BrFN2O2S/c15-7-1-3-9(13(17)21)11(5-7)18-14(20)10-6-8(16)2-4-12(10)19/h1-6,19H,(H2,17,21)(H,18,20). The smallest absolute Gasteiger partial charge is 0.259 e. The number of carbonyl (C=O) groups excluding carboxylic acids is 1. The van der Waals surface area contributed by atoms with Crippen molar-refractivity contribution in [3.05, 3.63) is 57.8 Å². The Bertz CT molecular complexity index is 737. The average molecular weight is 369 g/mol. The van der Waals surface area contributed by atoms with Gasteiger partial charge in [0.25, 0.3) is 5.91 Å². The van der Waals surface area contributed by atoms with Gasteiger partial charge in [-0.05, 0) is 36.4 Å². The van der Waals surface area contributed by atoms with Crippen LogP contribution in [0.15, 0.2) is 40.9 Å². The van der Waals surface area contributed by atoms with Crippen LogP contribution in [0.2, 0.25) is 0 Å². The highest BCUT2D eigenvalue weighted by molar-refractivity contribution is 9.10. The summed E-state index contributed by atoms with van der Waals surface area (Å²) in [6, 6.07) is 8.11. The summed E-state index contributed by atoms with van der Waals surface area (Å²) in [5, 5.41) is 12.2. The lowest BCUT2D eigenvalue weighted by atomic mass is 10.1. The first kappa shape index (κ1) is 15.4. The summed E-state index contributed by atoms with van der Waals surface area (Å²) in [4.78, 5) is 12.2. The molecule has 0 spiro atoms. The third-order valence-corrected chi connectivity index (χ3v) is 3.41. The van der Waals surface area contributed by atoms with Crippen LogP contribution in [0.5, 0.6) is 5.75 Å². The third-order valence-electron chi connectivity index (χ3n) is 2.70. The maximum absolute atomic E-state index is 13.2. The molecule has 0 saturated heterocycles. The molecule has 21 heavy (non-hydrogen) atoms. The number of halogens is 2. The van der Waals surface area contributed by atoms with Crippen LogP contribution in [0, 0.1) is 5.82 Å². The van der Waals surface area contributed by atoms with Crippen molar-refractivity contribution in [3.63, 3.8) is 0 Å². The van der Waals surface area contributed by atoms with Crippen LogP contribution in [0.1, 0.15) is 15.9 Å². The largest absolute Gasteiger partial charge is 0.507 e. The summed E-state index contributed by atoms with van der Waals surface area (Å²) >= 11 is 8.18. The van der Waals surface area contributed by atoms with E-state index in [0.29, 0.717) is 15.7 Å². The first-order valence-corrected chi connectivity index (χ1v) is 6.98. The number of nitrogens with one attached hydrogen (secondary N) is 1. The summed E-state index contributed by atoms with van der Waals surface area (Å²) < 4.78 is 13.9. The molecular formula is C14H10BrFN2O2S. The van der Waals surface area contributed by atoms with Crippen molar-refractivity contribution < 1.29 is 14.3 Å². The summed E-state index contributed by atoms with van der Waals surface area (Å²) in [6.45, 7) is 0. The molecule has 0 aliphatic rings. The molecule has 2 rings (SSSR count). The third kappa shape index (κ3) is 3.56. The van der Waals surface area contributed by atoms with E-state index in [1.807, 2.05) is 0 Å². The lowest BCUT2D eigenvalue weighted by molar-refractivity contribution is 0.102. The highest BCUT2D eigenvalue weighted by atomic mass is 79.9. The summed E-state index contributed by atoms with van der Waals surface area (Å²) in [5.74, 6) is -1.61. The van der Waals surface area contributed by atoms with Crippen LogP contribution in [-0.2, 0) is 0 Å². The van der Waals surface area contributed by atoms with Crippen molar-refractivity contribution in [3.8, 4) is 5.75 Å². The Balaban J connectivity index is 2.38. The van der Waals surface area contributed by atoms with Crippen LogP contribution in [0.25, 0.3) is 0 Å². The van der Waals surface area contributed by atoms with E-state index in [2.05, 4.69) is 21.2 Å². The number of phenolic OH excluding ortho intramolecular Hbond substituents is 1. The fourth-order valence-corrected chi connectivity index (χ4v) is 2.25. The van der Waals surface area contributed by atoms with Crippen molar-refractivity contribution >= 4 is 44.7 Å². The lowest BCUT2D eigenvalue weighted by Crippen LogP contribution is -2.18. The Morgan fingerprint density at radius 2 is 1.95 bits per heavy atom. The van der Waals surface area contributed by atoms with E-state index in [1.165, 1.54) is 0 Å². The maximum atomic E-state index is 13.2. The number of benzene rings is 2. The molecule has 108 valence electrons. The molecule has 7 heteroatoms. The Morgan fingerprint density at radius 1 is 1.24 bits per heavy atom. The van der Waals surface area contributed by atoms with Crippen LogP contribution >= 0.6 is 28.1 Å². The van der Waals surface area contributed by atoms with E-state index in [9.17, 15) is 14.3 Å². The SMILES string of the molecule is NC(=S)c1ccc(Br)cc1NC(=O)c1cc(F)ccc1O. The zero-order valence-electron chi connectivity index (χ0n) is 10.6. The van der Waals surface area contributed by atoms with Gasteiger partial charge in [-0.25, -0.2) is 4.39 Å². The van der Waals surface area contributed by atoms with Gasteiger partial charge in [0.1, 0.15) is 16.6 Å². The molecule has 4 N–H and O–H groups in total. The number of hydrogen-bond donors (Lipinski definition) is 3. The van der Waals surface area contributed by atoms with Gasteiger partial charge in [0.05, 0.1) is 11.3 Å². The molecule has 0 radical (unpaired) electrons. The van der Waals surface area contributed by atoms with E-state index in [4.69, 9.17) is 18.0 Å². The van der Waals surface area contributed by atoms with Crippen molar-refractivity contribution in [2.45, 2.75) is 0 Å². The number of hydrogen-bond acceptors (Lipinski definition) is 3. The maximum Gasteiger partial charge on any atom is 0.259 e. The van der Waals surface area contributed by atoms with E-state index in [0.717, 1.165) is 18.2 Å². The monoisotopic (exact) mass is 368 g/mol. The molecular weight excluding hydrogens is 359 g/mol. The highest BCUT2D eigenvalue weighted by Crippen LogP contribution is 2.24. The minimum atomic E-state index is -0.664. The van der Waals surface area contributed by atoms with Crippen molar-refractivity contribution in [2.24, 2.45) is 5.73 Å². The van der Waals surface area contributed by atoms with Crippen LogP contribution in [0.4, 0.5) is 10.1 Å². The highest BCUT2D eigenvalue weighted by Gasteiger charge is 2.15. The normalized spacial score (nSPS) is 10.2. The summed E-state index contributed by atoms with van der Waals surface area (Å²) in [7, 11) is 0. The van der Waals surface area contributed by atoms with Gasteiger partial charge in [0.2, 0.25) is 0 Å². The molecule has 0 aliphatic heterocycles. The van der Waals surface area contributed by atoms with E-state index < -0.39 is 11.7 Å². The predicted molar refractivity (Wildman–Crippen MR) is 86.0 cm³/mol. The lowest BCUT2D eigenvalue weighted by Gasteiger charge is -2.11. The molecule has 0 aromatic heterocycles. The number of anilines is 1. The molecule has 0 saturated carbocycles. The van der Waals surface area contributed by atoms with Crippen molar-refractivity contribution in [1.82, 2.24) is 0 Å². The minimum absolute atomic E-state index is 0.112. The number of carbonyl (C=O) groups is 1. The Kier molecular flexibility index (Phi) is 4.54. The molecule has 2 aromatic rings. The van der Waals surface area contributed by atoms with Gasteiger partial charge in [-0.2, -0.15) is 0 Å². The number of aromatic hydroxyl groups is 1. The molecule has 0 heterocycles. The van der Waals surface area contributed by atoms with Crippen LogP contribution in [-0.4, -0.2) is 16.0 Å². The average Bonchev–Trinajstić information content (AvgIpc) is 2.41. The number of thiocarbonyl (C=S) groups is 1. The molecule has 0 fully saturated rings. The second-order valence-corrected chi connectivity index (χ2v) is 5.53. The Labute approximate surface area is 133 Å². The quantitative estimate of drug-likeness (QED) is 0.727. The predicted octanol–water partition coefficient (Wildman–Crippen LogP) is 3.18. The number of amides is 1. The van der Waals surface area contributed by atoms with Gasteiger partial charge in [0, 0.05) is 10.0 Å². The van der Waals surface area contributed by atoms with Gasteiger partial charge in [-0.3, -0.25) is 4.79 Å². The van der Waals surface area contributed by atoms with E-state index in [1.54, 1.807) is 18.2 Å². The molecule has 0 atom stereocenters. The molecule has 0 unspecified atom stereocenters. The van der Waals surface area contributed by atoms with Gasteiger partial charge in [-0.15, -0.1) is 0 Å². The van der Waals surface area contributed by atoms with Crippen LogP contribution < -0.4 is 11.1 Å². The zero-order valence-corrected chi connectivity index (χ0v) is 13.0. The first-order valence-electron chi connectivity index (χ1n) is 5.77. The van der Waals surface area contributed by atoms with Crippen molar-refractivity contribution in [1.29, 1.82) is 0 Å². The second-order valence-electron chi connectivity index (χ2n) is 4.17. The van der Waals surface area contributed by atoms with Crippen molar-refractivity contribution in [2.75, 3.05) is 5.32 Å². The zero-order chi connectivity index (χ0) is 15.6. The second kappa shape index (κ2) is 6.19. The van der Waals surface area contributed by atoms with Gasteiger partial charge in [0.15, 0.2) is 0 Å². The Hall–Kier alpha value is -1.99. The van der Waals surface area contributed by atoms with Gasteiger partial charge >= 0.3 is 0 Å². The van der Waals surface area contributed by atoms with E-state index in [-0.39, 0.29) is 16.3 Å². The summed E-state index contributed by atoms with van der Waals surface area (Å²) in [6.07, 6.45) is 0. The summed E-state index contributed by atoms with van der Waals surface area (Å²) in [5.41, 5.74) is 6.25. The molecule has 0 bridgehead atoms. The molecule has 0 aliphatic carbocycles. The number of rotatable bonds is 3. The van der Waals surface area contributed by atoms with Crippen LogP contribution in [0.3, 0.4) is 0 Å². The molecule has 4 nitrogen and oxygen atoms in total. The fourth-order valence-electron chi connectivity index (χ4n) is 1.71.